The third kappa shape index (κ3) is 10.7. The fourth-order valence-electron chi connectivity index (χ4n) is 4.56. The minimum atomic E-state index is -1.39. The molecule has 12 heteroatoms. The van der Waals surface area contributed by atoms with Crippen molar-refractivity contribution in [2.24, 2.45) is 11.8 Å². The Bertz CT molecular complexity index is 1330. The predicted molar refractivity (Wildman–Crippen MR) is 162 cm³/mol. The molecule has 0 aliphatic heterocycles. The van der Waals surface area contributed by atoms with Gasteiger partial charge < -0.3 is 31.3 Å². The molecule has 0 heterocycles. The Labute approximate surface area is 251 Å². The fraction of sp³-hybridized carbons (Fsp3) is 0.484. The first-order valence-electron chi connectivity index (χ1n) is 14.3. The second kappa shape index (κ2) is 16.2. The summed E-state index contributed by atoms with van der Waals surface area (Å²) in [5.74, 6) is -4.26. The molecule has 0 saturated carbocycles. The van der Waals surface area contributed by atoms with Crippen LogP contribution < -0.4 is 21.3 Å². The summed E-state index contributed by atoms with van der Waals surface area (Å²) in [6.45, 7) is 6.52. The van der Waals surface area contributed by atoms with Gasteiger partial charge in [0.2, 0.25) is 23.5 Å². The van der Waals surface area contributed by atoms with Crippen LogP contribution >= 0.6 is 0 Å². The van der Waals surface area contributed by atoms with Crippen LogP contribution in [0.25, 0.3) is 10.8 Å². The SMILES string of the molecule is CCC(C)C(NC(=O)C(CC(C)C)NC(=O)O)C(=O)C(=O)NCC(=O)NC(Cc1ccc2ccccc2c1)C(=O)N(C)C. The van der Waals surface area contributed by atoms with E-state index in [1.807, 2.05) is 56.3 Å². The van der Waals surface area contributed by atoms with Gasteiger partial charge in [0.25, 0.3) is 5.91 Å². The highest BCUT2D eigenvalue weighted by atomic mass is 16.4. The molecule has 43 heavy (non-hydrogen) atoms. The van der Waals surface area contributed by atoms with Crippen molar-refractivity contribution in [2.45, 2.75) is 65.1 Å². The number of rotatable bonds is 15. The van der Waals surface area contributed by atoms with E-state index in [1.54, 1.807) is 27.9 Å². The van der Waals surface area contributed by atoms with E-state index >= 15 is 0 Å². The van der Waals surface area contributed by atoms with Gasteiger partial charge in [0, 0.05) is 20.5 Å². The van der Waals surface area contributed by atoms with E-state index in [0.717, 1.165) is 16.3 Å². The van der Waals surface area contributed by atoms with Gasteiger partial charge in [0.15, 0.2) is 0 Å². The van der Waals surface area contributed by atoms with Crippen LogP contribution in [0.15, 0.2) is 42.5 Å². The number of fused-ring (bicyclic) bond motifs is 1. The highest BCUT2D eigenvalue weighted by molar-refractivity contribution is 6.38. The van der Waals surface area contributed by atoms with E-state index in [9.17, 15) is 28.8 Å². The van der Waals surface area contributed by atoms with Crippen LogP contribution in [0.2, 0.25) is 0 Å². The summed E-state index contributed by atoms with van der Waals surface area (Å²) in [6.07, 6.45) is -0.542. The molecule has 0 fully saturated rings. The molecule has 0 saturated heterocycles. The van der Waals surface area contributed by atoms with Gasteiger partial charge in [-0.25, -0.2) is 4.79 Å². The molecule has 5 N–H and O–H groups in total. The van der Waals surface area contributed by atoms with Crippen LogP contribution in [-0.2, 0) is 30.4 Å². The molecule has 2 aromatic rings. The van der Waals surface area contributed by atoms with Crippen molar-refractivity contribution in [3.8, 4) is 0 Å². The number of amides is 5. The Hall–Kier alpha value is -4.48. The van der Waals surface area contributed by atoms with Crippen LogP contribution in [0.4, 0.5) is 4.79 Å². The van der Waals surface area contributed by atoms with E-state index in [-0.39, 0.29) is 24.7 Å². The summed E-state index contributed by atoms with van der Waals surface area (Å²) in [6, 6.07) is 10.3. The largest absolute Gasteiger partial charge is 0.465 e. The molecule has 5 amide bonds. The number of ketones is 1. The van der Waals surface area contributed by atoms with Crippen molar-refractivity contribution in [2.75, 3.05) is 20.6 Å². The highest BCUT2D eigenvalue weighted by Gasteiger charge is 2.34. The monoisotopic (exact) mass is 597 g/mol. The van der Waals surface area contributed by atoms with E-state index in [1.165, 1.54) is 4.90 Å². The molecular formula is C31H43N5O7. The lowest BCUT2D eigenvalue weighted by Gasteiger charge is -2.26. The van der Waals surface area contributed by atoms with Gasteiger partial charge in [0.05, 0.1) is 12.6 Å². The summed E-state index contributed by atoms with van der Waals surface area (Å²) in [5, 5.41) is 20.8. The van der Waals surface area contributed by atoms with Gasteiger partial charge in [-0.1, -0.05) is 76.6 Å². The van der Waals surface area contributed by atoms with E-state index in [0.29, 0.717) is 6.42 Å². The predicted octanol–water partition coefficient (Wildman–Crippen LogP) is 1.85. The van der Waals surface area contributed by atoms with Crippen LogP contribution in [0.3, 0.4) is 0 Å². The van der Waals surface area contributed by atoms with Crippen molar-refractivity contribution in [1.29, 1.82) is 0 Å². The number of Topliss-reactive ketones (excluding diaryl/α,β-unsaturated/α-hetero) is 1. The van der Waals surface area contributed by atoms with Crippen molar-refractivity contribution >= 4 is 46.3 Å². The fourth-order valence-corrected chi connectivity index (χ4v) is 4.56. The number of hydrogen-bond acceptors (Lipinski definition) is 6. The van der Waals surface area contributed by atoms with E-state index in [4.69, 9.17) is 5.11 Å². The average molecular weight is 598 g/mol. The molecular weight excluding hydrogens is 554 g/mol. The molecule has 4 unspecified atom stereocenters. The molecule has 0 spiro atoms. The van der Waals surface area contributed by atoms with Crippen LogP contribution in [0.1, 0.15) is 46.1 Å². The van der Waals surface area contributed by atoms with Gasteiger partial charge in [-0.2, -0.15) is 0 Å². The number of likely N-dealkylation sites (N-methyl/N-ethyl adjacent to an activating group) is 1. The Morgan fingerprint density at radius 2 is 1.51 bits per heavy atom. The summed E-state index contributed by atoms with van der Waals surface area (Å²) in [5.41, 5.74) is 0.832. The third-order valence-electron chi connectivity index (χ3n) is 7.08. The molecule has 2 aromatic carbocycles. The van der Waals surface area contributed by atoms with Gasteiger partial charge in [-0.05, 0) is 34.6 Å². The second-order valence-electron chi connectivity index (χ2n) is 11.3. The number of hydrogen-bond donors (Lipinski definition) is 5. The Morgan fingerprint density at radius 3 is 2.09 bits per heavy atom. The van der Waals surface area contributed by atoms with Crippen molar-refractivity contribution in [1.82, 2.24) is 26.2 Å². The summed E-state index contributed by atoms with van der Waals surface area (Å²) >= 11 is 0. The number of carboxylic acid groups (broad SMARTS) is 1. The topological polar surface area (TPSA) is 174 Å². The normalized spacial score (nSPS) is 13.7. The summed E-state index contributed by atoms with van der Waals surface area (Å²) in [4.78, 5) is 77.0. The lowest BCUT2D eigenvalue weighted by molar-refractivity contribution is -0.141. The molecule has 0 bridgehead atoms. The molecule has 0 radical (unpaired) electrons. The van der Waals surface area contributed by atoms with Gasteiger partial charge >= 0.3 is 6.09 Å². The summed E-state index contributed by atoms with van der Waals surface area (Å²) in [7, 11) is 3.15. The molecule has 12 nitrogen and oxygen atoms in total. The molecule has 4 atom stereocenters. The number of nitrogens with zero attached hydrogens (tertiary/aromatic N) is 1. The van der Waals surface area contributed by atoms with E-state index < -0.39 is 60.2 Å². The van der Waals surface area contributed by atoms with Crippen LogP contribution in [-0.4, -0.2) is 84.3 Å². The first-order chi connectivity index (χ1) is 20.2. The first kappa shape index (κ1) is 34.7. The number of nitrogens with one attached hydrogen (secondary N) is 4. The van der Waals surface area contributed by atoms with Crippen LogP contribution in [0.5, 0.6) is 0 Å². The van der Waals surface area contributed by atoms with Crippen molar-refractivity contribution in [3.63, 3.8) is 0 Å². The highest BCUT2D eigenvalue weighted by Crippen LogP contribution is 2.17. The Balaban J connectivity index is 2.08. The zero-order valence-corrected chi connectivity index (χ0v) is 25.6. The summed E-state index contributed by atoms with van der Waals surface area (Å²) < 4.78 is 0. The van der Waals surface area contributed by atoms with Crippen molar-refractivity contribution in [3.05, 3.63) is 48.0 Å². The van der Waals surface area contributed by atoms with Crippen molar-refractivity contribution < 1.29 is 33.9 Å². The zero-order chi connectivity index (χ0) is 32.3. The molecule has 0 aliphatic carbocycles. The Morgan fingerprint density at radius 1 is 0.860 bits per heavy atom. The minimum absolute atomic E-state index is 0.0217. The lowest BCUT2D eigenvalue weighted by atomic mass is 9.94. The molecule has 0 aromatic heterocycles. The smallest absolute Gasteiger partial charge is 0.405 e. The van der Waals surface area contributed by atoms with E-state index in [2.05, 4.69) is 21.3 Å². The second-order valence-corrected chi connectivity index (χ2v) is 11.3. The Kier molecular flexibility index (Phi) is 13.1. The average Bonchev–Trinajstić information content (AvgIpc) is 2.96. The standard InChI is InChI=1S/C31H43N5O7/c1-7-19(4)26(35-28(39)23(14-18(2)3)34-31(42)43)27(38)29(40)32-17-25(37)33-24(30(41)36(5)6)16-20-12-13-21-10-8-9-11-22(21)15-20/h8-13,15,18-19,23-24,26,34H,7,14,16-17H2,1-6H3,(H,32,40)(H,33,37)(H,35,39)(H,42,43). The first-order valence-corrected chi connectivity index (χ1v) is 14.3. The number of carbonyl (C=O) groups is 6. The maximum atomic E-state index is 13.1. The maximum Gasteiger partial charge on any atom is 0.405 e. The zero-order valence-electron chi connectivity index (χ0n) is 25.6. The van der Waals surface area contributed by atoms with Gasteiger partial charge in [-0.3, -0.25) is 24.0 Å². The lowest BCUT2D eigenvalue weighted by Crippen LogP contribution is -2.56. The minimum Gasteiger partial charge on any atom is -0.465 e. The molecule has 0 aliphatic rings. The quantitative estimate of drug-likeness (QED) is 0.195. The molecule has 2 rings (SSSR count). The van der Waals surface area contributed by atoms with Gasteiger partial charge in [0.1, 0.15) is 12.1 Å². The number of carbonyl (C=O) groups excluding carboxylic acids is 5. The maximum absolute atomic E-state index is 13.1. The molecule has 234 valence electrons. The van der Waals surface area contributed by atoms with Crippen LogP contribution in [0, 0.1) is 11.8 Å². The third-order valence-corrected chi connectivity index (χ3v) is 7.08. The van der Waals surface area contributed by atoms with Gasteiger partial charge in [-0.15, -0.1) is 0 Å². The number of benzene rings is 2.